The van der Waals surface area contributed by atoms with E-state index in [1.807, 2.05) is 0 Å². The first kappa shape index (κ1) is 27.5. The van der Waals surface area contributed by atoms with Gasteiger partial charge in [0.1, 0.15) is 0 Å². The summed E-state index contributed by atoms with van der Waals surface area (Å²) < 4.78 is 0. The van der Waals surface area contributed by atoms with Gasteiger partial charge in [0.15, 0.2) is 0 Å². The number of nitriles is 1. The monoisotopic (exact) mass is 471 g/mol. The highest BCUT2D eigenvalue weighted by Crippen LogP contribution is 2.40. The largest absolute Gasteiger partial charge is 0.198 e. The number of hydrogen-bond acceptors (Lipinski definition) is 1. The lowest BCUT2D eigenvalue weighted by atomic mass is 9.73. The van der Waals surface area contributed by atoms with Crippen LogP contribution in [0.3, 0.4) is 0 Å². The van der Waals surface area contributed by atoms with Crippen LogP contribution in [0.1, 0.15) is 127 Å². The molecule has 1 nitrogen and oxygen atoms in total. The lowest BCUT2D eigenvalue weighted by molar-refractivity contribution is 0.256. The summed E-state index contributed by atoms with van der Waals surface area (Å²) in [7, 11) is 0. The summed E-state index contributed by atoms with van der Waals surface area (Å²) in [5, 5.41) is 9.71. The summed E-state index contributed by atoms with van der Waals surface area (Å²) in [5.74, 6) is 1.56. The van der Waals surface area contributed by atoms with Crippen molar-refractivity contribution in [1.29, 1.82) is 5.26 Å². The molecule has 2 aromatic carbocycles. The van der Waals surface area contributed by atoms with Crippen molar-refractivity contribution in [3.63, 3.8) is 0 Å². The Labute approximate surface area is 216 Å². The molecular formula is C34H49N. The summed E-state index contributed by atoms with van der Waals surface area (Å²) in [6.45, 7) is 4.53. The first-order valence-electron chi connectivity index (χ1n) is 14.8. The van der Waals surface area contributed by atoms with E-state index in [0.717, 1.165) is 6.42 Å². The lowest BCUT2D eigenvalue weighted by Gasteiger charge is -2.31. The van der Waals surface area contributed by atoms with Crippen LogP contribution in [0.15, 0.2) is 48.5 Å². The van der Waals surface area contributed by atoms with E-state index in [-0.39, 0.29) is 5.92 Å². The maximum atomic E-state index is 9.71. The zero-order valence-corrected chi connectivity index (χ0v) is 22.6. The molecule has 0 saturated heterocycles. The molecule has 1 heteroatoms. The minimum atomic E-state index is 0.277. The van der Waals surface area contributed by atoms with E-state index in [9.17, 15) is 5.26 Å². The Kier molecular flexibility index (Phi) is 12.4. The van der Waals surface area contributed by atoms with Crippen LogP contribution in [0.4, 0.5) is 0 Å². The van der Waals surface area contributed by atoms with Gasteiger partial charge in [-0.3, -0.25) is 0 Å². The Morgan fingerprint density at radius 2 is 1.23 bits per heavy atom. The third kappa shape index (κ3) is 9.14. The second-order valence-electron chi connectivity index (χ2n) is 11.0. The standard InChI is InChI=1S/C34H49N/c1-3-5-7-9-10-11-13-28-15-17-29(18-16-28)30-19-21-31(22-20-30)32-23-25-33(26-24-32)34(27-35)14-12-8-6-4-2/h15-22,32-34H,3-14,23-26H2,1-2H3. The minimum absolute atomic E-state index is 0.277. The molecule has 0 aromatic heterocycles. The first-order valence-corrected chi connectivity index (χ1v) is 14.8. The van der Waals surface area contributed by atoms with Crippen molar-refractivity contribution in [3.05, 3.63) is 59.7 Å². The van der Waals surface area contributed by atoms with Gasteiger partial charge >= 0.3 is 0 Å². The summed E-state index contributed by atoms with van der Waals surface area (Å²) in [5.41, 5.74) is 5.61. The van der Waals surface area contributed by atoms with Crippen LogP contribution in [0.2, 0.25) is 0 Å². The molecule has 35 heavy (non-hydrogen) atoms. The van der Waals surface area contributed by atoms with Crippen molar-refractivity contribution < 1.29 is 0 Å². The highest BCUT2D eigenvalue weighted by molar-refractivity contribution is 5.64. The van der Waals surface area contributed by atoms with Crippen molar-refractivity contribution >= 4 is 0 Å². The van der Waals surface area contributed by atoms with E-state index < -0.39 is 0 Å². The van der Waals surface area contributed by atoms with Crippen molar-refractivity contribution in [2.45, 2.75) is 122 Å². The molecule has 1 aliphatic carbocycles. The van der Waals surface area contributed by atoms with Crippen molar-refractivity contribution in [2.24, 2.45) is 11.8 Å². The Balaban J connectivity index is 1.44. The van der Waals surface area contributed by atoms with Crippen molar-refractivity contribution in [3.8, 4) is 17.2 Å². The normalized spacial score (nSPS) is 18.8. The number of nitrogens with zero attached hydrogens (tertiary/aromatic N) is 1. The van der Waals surface area contributed by atoms with Gasteiger partial charge in [0.25, 0.3) is 0 Å². The van der Waals surface area contributed by atoms with Gasteiger partial charge in [0.2, 0.25) is 0 Å². The minimum Gasteiger partial charge on any atom is -0.198 e. The van der Waals surface area contributed by atoms with Gasteiger partial charge in [-0.15, -0.1) is 0 Å². The number of unbranched alkanes of at least 4 members (excludes halogenated alkanes) is 8. The summed E-state index contributed by atoms with van der Waals surface area (Å²) in [6, 6.07) is 21.3. The predicted octanol–water partition coefficient (Wildman–Crippen LogP) is 10.6. The van der Waals surface area contributed by atoms with Crippen LogP contribution in [-0.2, 0) is 6.42 Å². The average molecular weight is 472 g/mol. The lowest BCUT2D eigenvalue weighted by Crippen LogP contribution is -2.20. The van der Waals surface area contributed by atoms with Gasteiger partial charge < -0.3 is 0 Å². The summed E-state index contributed by atoms with van der Waals surface area (Å²) in [6.07, 6.45) is 20.5. The highest BCUT2D eigenvalue weighted by Gasteiger charge is 2.28. The topological polar surface area (TPSA) is 23.8 Å². The quantitative estimate of drug-likeness (QED) is 0.237. The summed E-state index contributed by atoms with van der Waals surface area (Å²) >= 11 is 0. The second-order valence-corrected chi connectivity index (χ2v) is 11.0. The number of benzene rings is 2. The fourth-order valence-corrected chi connectivity index (χ4v) is 5.97. The van der Waals surface area contributed by atoms with Gasteiger partial charge in [0, 0.05) is 5.92 Å². The van der Waals surface area contributed by atoms with E-state index in [2.05, 4.69) is 68.4 Å². The fraction of sp³-hybridized carbons (Fsp3) is 0.618. The fourth-order valence-electron chi connectivity index (χ4n) is 5.97. The molecule has 0 bridgehead atoms. The molecule has 1 fully saturated rings. The molecule has 1 saturated carbocycles. The molecule has 2 aromatic rings. The average Bonchev–Trinajstić information content (AvgIpc) is 2.91. The van der Waals surface area contributed by atoms with E-state index in [4.69, 9.17) is 0 Å². The second kappa shape index (κ2) is 15.8. The molecule has 1 unspecified atom stereocenters. The third-order valence-electron chi connectivity index (χ3n) is 8.36. The Bertz CT molecular complexity index is 849. The first-order chi connectivity index (χ1) is 17.2. The van der Waals surface area contributed by atoms with Gasteiger partial charge in [0.05, 0.1) is 6.07 Å². The molecule has 0 amide bonds. The van der Waals surface area contributed by atoms with Gasteiger partial charge in [-0.25, -0.2) is 0 Å². The van der Waals surface area contributed by atoms with E-state index in [0.29, 0.717) is 11.8 Å². The van der Waals surface area contributed by atoms with Crippen molar-refractivity contribution in [1.82, 2.24) is 0 Å². The Morgan fingerprint density at radius 1 is 0.686 bits per heavy atom. The zero-order chi connectivity index (χ0) is 24.7. The molecule has 1 atom stereocenters. The Morgan fingerprint density at radius 3 is 1.83 bits per heavy atom. The number of aryl methyl sites for hydroxylation is 1. The van der Waals surface area contributed by atoms with Crippen LogP contribution in [0.5, 0.6) is 0 Å². The molecule has 0 aliphatic heterocycles. The molecule has 0 radical (unpaired) electrons. The van der Waals surface area contributed by atoms with Crippen LogP contribution in [-0.4, -0.2) is 0 Å². The SMILES string of the molecule is CCCCCCCCc1ccc(-c2ccc(C3CCC(C(C#N)CCCCCC)CC3)cc2)cc1. The maximum Gasteiger partial charge on any atom is 0.0658 e. The smallest absolute Gasteiger partial charge is 0.0658 e. The predicted molar refractivity (Wildman–Crippen MR) is 152 cm³/mol. The van der Waals surface area contributed by atoms with Crippen molar-refractivity contribution in [2.75, 3.05) is 0 Å². The summed E-state index contributed by atoms with van der Waals surface area (Å²) in [4.78, 5) is 0. The van der Waals surface area contributed by atoms with Gasteiger partial charge in [-0.05, 0) is 79.0 Å². The Hall–Kier alpha value is -2.07. The van der Waals surface area contributed by atoms with E-state index in [1.54, 1.807) is 0 Å². The van der Waals surface area contributed by atoms with Gasteiger partial charge in [-0.2, -0.15) is 5.26 Å². The van der Waals surface area contributed by atoms with Crippen LogP contribution in [0, 0.1) is 23.2 Å². The molecule has 3 rings (SSSR count). The molecule has 1 aliphatic rings. The third-order valence-corrected chi connectivity index (χ3v) is 8.36. The number of hydrogen-bond donors (Lipinski definition) is 0. The highest BCUT2D eigenvalue weighted by atomic mass is 14.4. The van der Waals surface area contributed by atoms with Crippen LogP contribution >= 0.6 is 0 Å². The van der Waals surface area contributed by atoms with Crippen LogP contribution in [0.25, 0.3) is 11.1 Å². The molecule has 190 valence electrons. The molecule has 0 spiro atoms. The van der Waals surface area contributed by atoms with E-state index >= 15 is 0 Å². The zero-order valence-electron chi connectivity index (χ0n) is 22.6. The molecular weight excluding hydrogens is 422 g/mol. The van der Waals surface area contributed by atoms with E-state index in [1.165, 1.54) is 119 Å². The molecule has 0 N–H and O–H groups in total. The van der Waals surface area contributed by atoms with Gasteiger partial charge in [-0.1, -0.05) is 120 Å². The number of rotatable bonds is 15. The maximum absolute atomic E-state index is 9.71. The molecule has 0 heterocycles. The van der Waals surface area contributed by atoms with Crippen LogP contribution < -0.4 is 0 Å².